The number of rotatable bonds is 61. The molecule has 1 saturated heterocycles. The lowest BCUT2D eigenvalue weighted by atomic mass is 9.53. The van der Waals surface area contributed by atoms with Gasteiger partial charge >= 0.3 is 0 Å². The quantitative estimate of drug-likeness (QED) is 0.0281. The van der Waals surface area contributed by atoms with Gasteiger partial charge in [0, 0.05) is 6.04 Å². The van der Waals surface area contributed by atoms with Crippen molar-refractivity contribution in [3.05, 3.63) is 39.9 Å². The number of nitrogens with zero attached hydrogens (tertiary/aromatic N) is 1. The van der Waals surface area contributed by atoms with Gasteiger partial charge in [-0.3, -0.25) is 4.90 Å². The van der Waals surface area contributed by atoms with Gasteiger partial charge in [0.2, 0.25) is 5.75 Å². The van der Waals surface area contributed by atoms with Crippen LogP contribution in [0, 0.1) is 0 Å². The molecule has 5 aliphatic rings. The van der Waals surface area contributed by atoms with Crippen molar-refractivity contribution in [3.8, 4) is 17.2 Å². The standard InChI is InChI=1S/C129H131NO3/c1-5-8-11-14-17-20-23-26-29-32-35-38-41-44-47-50-53-56-59-131-67-62-65(63-68(132-60-57-54-51-48-45-42-39-36-33-30-27-24-21-18-15-12-9-6-2)127(67)133-61-58-55-52-49-46-43-40-37-34-31-28-25-22-19-16-13-10-7-3)66-64-128-123-115-107-97-87-79-71-69-70-73-77-75(71)83-91-85(77)95-89-81(73)82-74(70)78-76-72(69)80(79)88-94-84(76)92-86(78)96-90(82)100-99(89)111-105(95)113-103(91)109(101(107)93(83)87)117(123)119(113)125-121(111)122-112(100)106(96)114-104(92)110-102(94)108(98(88)97)116(115)124(128)118(110)120(114)126(122)129(125,128)130(66)4/h62-63,66H,5-61,64H2,1-4H3. The van der Waals surface area contributed by atoms with Gasteiger partial charge in [0.1, 0.15) is 0 Å². The van der Waals surface area contributed by atoms with Crippen LogP contribution in [0.15, 0.2) is 12.1 Å². The van der Waals surface area contributed by atoms with Crippen molar-refractivity contribution in [1.82, 2.24) is 4.90 Å². The first-order chi connectivity index (χ1) is 66.2. The molecule has 4 aliphatic carbocycles. The van der Waals surface area contributed by atoms with Crippen molar-refractivity contribution in [2.75, 3.05) is 26.9 Å². The van der Waals surface area contributed by atoms with Gasteiger partial charge in [-0.25, -0.2) is 0 Å². The molecule has 1 atom stereocenters. The Morgan fingerprint density at radius 3 is 0.526 bits per heavy atom. The van der Waals surface area contributed by atoms with Crippen LogP contribution >= 0.6 is 0 Å². The largest absolute Gasteiger partial charge is 0.490 e. The maximum absolute atomic E-state index is 7.66. The Hall–Kier alpha value is -8.96. The van der Waals surface area contributed by atoms with Gasteiger partial charge in [0.25, 0.3) is 0 Å². The molecule has 1 fully saturated rings. The van der Waals surface area contributed by atoms with Crippen molar-refractivity contribution in [3.63, 3.8) is 0 Å². The predicted octanol–water partition coefficient (Wildman–Crippen LogP) is 40.6. The Bertz CT molecular complexity index is 8570. The molecule has 133 heavy (non-hydrogen) atoms. The molecule has 34 rings (SSSR count). The maximum Gasteiger partial charge on any atom is 0.203 e. The molecule has 0 radical (unpaired) electrons. The first-order valence-corrected chi connectivity index (χ1v) is 56.7. The monoisotopic (exact) mass is 1740 g/mol. The molecule has 2 spiro atoms. The molecule has 0 amide bonds. The summed E-state index contributed by atoms with van der Waals surface area (Å²) in [6, 6.07) is 5.23. The van der Waals surface area contributed by atoms with Gasteiger partial charge in [-0.05, 0) is 364 Å². The van der Waals surface area contributed by atoms with E-state index in [0.29, 0.717) is 19.8 Å². The van der Waals surface area contributed by atoms with E-state index in [9.17, 15) is 0 Å². The van der Waals surface area contributed by atoms with Gasteiger partial charge in [-0.1, -0.05) is 348 Å². The number of likely N-dealkylation sites (N-methyl/N-ethyl adjacent to an activating group) is 1. The zero-order chi connectivity index (χ0) is 86.5. The number of ether oxygens (including phenoxy) is 3. The highest BCUT2D eigenvalue weighted by atomic mass is 16.5. The van der Waals surface area contributed by atoms with Crippen molar-refractivity contribution < 1.29 is 14.2 Å². The van der Waals surface area contributed by atoms with E-state index >= 15 is 0 Å². The molecule has 1 unspecified atom stereocenters. The lowest BCUT2D eigenvalue weighted by Crippen LogP contribution is -2.54. The zero-order valence-electron chi connectivity index (χ0n) is 80.4. The number of likely N-dealkylation sites (tertiary alicyclic amines) is 1. The summed E-state index contributed by atoms with van der Waals surface area (Å²) in [6.07, 6.45) is 75.3. The van der Waals surface area contributed by atoms with Gasteiger partial charge in [0.05, 0.1) is 30.8 Å². The van der Waals surface area contributed by atoms with Gasteiger partial charge in [0.15, 0.2) is 11.5 Å². The van der Waals surface area contributed by atoms with E-state index in [1.807, 2.05) is 0 Å². The fraction of sp³-hybridized carbons (Fsp3) is 0.504. The summed E-state index contributed by atoms with van der Waals surface area (Å²) in [6.45, 7) is 9.09. The molecule has 670 valence electrons. The van der Waals surface area contributed by atoms with Crippen molar-refractivity contribution in [1.29, 1.82) is 0 Å². The normalized spacial score (nSPS) is 18.2. The molecule has 0 bridgehead atoms. The average molecular weight is 1740 g/mol. The van der Waals surface area contributed by atoms with Crippen LogP contribution in [0.1, 0.15) is 408 Å². The Morgan fingerprint density at radius 1 is 0.195 bits per heavy atom. The minimum atomic E-state index is -0.507. The van der Waals surface area contributed by atoms with Gasteiger partial charge in [-0.15, -0.1) is 0 Å². The maximum atomic E-state index is 7.66. The Labute approximate surface area is 779 Å². The predicted molar refractivity (Wildman–Crippen MR) is 578 cm³/mol. The SMILES string of the molecule is CCCCCCCCCCCCCCCCCCCCOc1cc(C2CC34c5c6c7c8c9c%10c(c%11c%12c3c3c5c5c%13c6c6c7c7c9c9c%14c%10c%10c%11c%11c%12c%12c3c3c5c5c%13c%13c6c6c7c9c7c9c%14c%10c%10c%11c%11c%12c3c3c5c5c%13c6c7c6c9c%10c%11c3c56)C84N2C)cc(OCCCCCCCCCCCCCCCCCCCC)c1OCCCCCCCCCCCCCCCCCCCC. The summed E-state index contributed by atoms with van der Waals surface area (Å²) in [5, 5.41) is 90.1. The van der Waals surface area contributed by atoms with Crippen LogP contribution in [0.25, 0.3) is 291 Å². The smallest absolute Gasteiger partial charge is 0.203 e. The lowest BCUT2D eigenvalue weighted by molar-refractivity contribution is 0.147. The van der Waals surface area contributed by atoms with E-state index in [1.165, 1.54) is 333 Å². The third-order valence-electron chi connectivity index (χ3n) is 40.6. The fourth-order valence-electron chi connectivity index (χ4n) is 36.1. The summed E-state index contributed by atoms with van der Waals surface area (Å²) in [4.78, 5) is 3.18. The topological polar surface area (TPSA) is 30.9 Å². The first-order valence-electron chi connectivity index (χ1n) is 56.7. The zero-order valence-corrected chi connectivity index (χ0v) is 80.4. The first kappa shape index (κ1) is 77.1. The summed E-state index contributed by atoms with van der Waals surface area (Å²) in [7, 11) is 2.73. The second-order valence-electron chi connectivity index (χ2n) is 47.1. The van der Waals surface area contributed by atoms with Crippen LogP contribution < -0.4 is 14.2 Å². The highest BCUT2D eigenvalue weighted by molar-refractivity contribution is 6.82. The Balaban J connectivity index is 0.501. The molecular formula is C129H131NO3. The summed E-state index contributed by atoms with van der Waals surface area (Å²) in [5.41, 5.74) is 7.45. The van der Waals surface area contributed by atoms with Crippen molar-refractivity contribution in [2.24, 2.45) is 0 Å². The van der Waals surface area contributed by atoms with Crippen LogP contribution in [0.5, 0.6) is 17.2 Å². The van der Waals surface area contributed by atoms with Gasteiger partial charge < -0.3 is 14.2 Å². The molecule has 4 heteroatoms. The molecule has 0 saturated carbocycles. The second-order valence-corrected chi connectivity index (χ2v) is 47.1. The van der Waals surface area contributed by atoms with E-state index in [2.05, 4.69) is 44.9 Å². The average Bonchev–Trinajstić information content (AvgIpc) is 1.38. The minimum absolute atomic E-state index is 0.0311. The van der Waals surface area contributed by atoms with Crippen LogP contribution in [0.4, 0.5) is 0 Å². The van der Waals surface area contributed by atoms with Crippen molar-refractivity contribution >= 4 is 291 Å². The van der Waals surface area contributed by atoms with E-state index in [1.54, 1.807) is 313 Å². The van der Waals surface area contributed by atoms with E-state index in [0.717, 1.165) is 42.9 Å². The molecule has 0 aromatic heterocycles. The highest BCUT2D eigenvalue weighted by Gasteiger charge is 2.75. The third-order valence-corrected chi connectivity index (χ3v) is 40.6. The Morgan fingerprint density at radius 2 is 0.346 bits per heavy atom. The van der Waals surface area contributed by atoms with Crippen LogP contribution in [-0.2, 0) is 11.0 Å². The third kappa shape index (κ3) is 8.44. The second kappa shape index (κ2) is 27.5. The number of unbranched alkanes of at least 4 members (excludes halogenated alkanes) is 51. The number of hydrogen-bond acceptors (Lipinski definition) is 4. The van der Waals surface area contributed by atoms with E-state index in [-0.39, 0.29) is 6.04 Å². The summed E-state index contributed by atoms with van der Waals surface area (Å²) < 4.78 is 22.8. The van der Waals surface area contributed by atoms with Crippen molar-refractivity contribution in [2.45, 2.75) is 391 Å². The molecule has 29 aromatic rings. The molecule has 4 nitrogen and oxygen atoms in total. The number of hydrogen-bond donors (Lipinski definition) is 0. The Kier molecular flexibility index (Phi) is 16.0. The lowest BCUT2D eigenvalue weighted by Gasteiger charge is -2.52. The molecular weight excluding hydrogens is 1610 g/mol. The molecule has 0 N–H and O–H groups in total. The summed E-state index contributed by atoms with van der Waals surface area (Å²) >= 11 is 0. The van der Waals surface area contributed by atoms with Crippen LogP contribution in [0.3, 0.4) is 0 Å². The molecule has 29 aromatic carbocycles. The fourth-order valence-corrected chi connectivity index (χ4v) is 36.1. The highest BCUT2D eigenvalue weighted by Crippen LogP contribution is 2.87. The summed E-state index contributed by atoms with van der Waals surface area (Å²) in [5.74, 6) is 2.76. The minimum Gasteiger partial charge on any atom is -0.490 e. The number of benzene rings is 19. The van der Waals surface area contributed by atoms with Crippen LogP contribution in [0.2, 0.25) is 0 Å². The molecule has 1 aliphatic heterocycles. The van der Waals surface area contributed by atoms with E-state index < -0.39 is 11.0 Å². The molecule has 1 heterocycles. The van der Waals surface area contributed by atoms with E-state index in [4.69, 9.17) is 14.2 Å². The van der Waals surface area contributed by atoms with Gasteiger partial charge in [-0.2, -0.15) is 0 Å². The van der Waals surface area contributed by atoms with Crippen LogP contribution in [-0.4, -0.2) is 31.8 Å².